The van der Waals surface area contributed by atoms with Crippen LogP contribution in [-0.2, 0) is 6.54 Å². The van der Waals surface area contributed by atoms with Crippen LogP contribution in [0.1, 0.15) is 25.3 Å². The minimum Gasteiger partial charge on any atom is -0.406 e. The van der Waals surface area contributed by atoms with E-state index in [9.17, 15) is 13.2 Å². The Morgan fingerprint density at radius 1 is 1.36 bits per heavy atom. The van der Waals surface area contributed by atoms with Crippen molar-refractivity contribution in [2.75, 3.05) is 26.2 Å². The standard InChI is InChI=1S/C17H25F3N4O/c1-2-24-9-3-4-14(12-24)11-23-16(21)22-10-13-5-7-15(8-6-13)25-17(18,19)20/h5-8,14H,2-4,9-12H2,1H3,(H3,21,22,23). The van der Waals surface area contributed by atoms with Crippen molar-refractivity contribution in [1.82, 2.24) is 10.2 Å². The molecular formula is C17H25F3N4O. The van der Waals surface area contributed by atoms with Crippen molar-refractivity contribution < 1.29 is 17.9 Å². The number of hydrogen-bond donors (Lipinski definition) is 2. The molecule has 1 atom stereocenters. The molecule has 1 aromatic rings. The molecule has 5 nitrogen and oxygen atoms in total. The van der Waals surface area contributed by atoms with Crippen LogP contribution in [0, 0.1) is 5.92 Å². The van der Waals surface area contributed by atoms with Gasteiger partial charge in [-0.3, -0.25) is 0 Å². The maximum absolute atomic E-state index is 12.1. The lowest BCUT2D eigenvalue weighted by Crippen LogP contribution is -2.42. The molecule has 0 aromatic heterocycles. The van der Waals surface area contributed by atoms with Gasteiger partial charge in [-0.05, 0) is 49.5 Å². The molecule has 3 N–H and O–H groups in total. The minimum absolute atomic E-state index is 0.246. The van der Waals surface area contributed by atoms with E-state index in [1.54, 1.807) is 0 Å². The Balaban J connectivity index is 1.76. The third-order valence-corrected chi connectivity index (χ3v) is 4.21. The third kappa shape index (κ3) is 7.21. The van der Waals surface area contributed by atoms with Gasteiger partial charge in [0.1, 0.15) is 5.75 Å². The number of hydrogen-bond acceptors (Lipinski definition) is 3. The van der Waals surface area contributed by atoms with Crippen molar-refractivity contribution in [2.45, 2.75) is 32.7 Å². The zero-order chi connectivity index (χ0) is 18.3. The van der Waals surface area contributed by atoms with Gasteiger partial charge in [0.15, 0.2) is 5.96 Å². The summed E-state index contributed by atoms with van der Waals surface area (Å²) in [6, 6.07) is 5.61. The third-order valence-electron chi connectivity index (χ3n) is 4.21. The number of halogens is 3. The van der Waals surface area contributed by atoms with E-state index in [2.05, 4.69) is 26.9 Å². The molecule has 25 heavy (non-hydrogen) atoms. The summed E-state index contributed by atoms with van der Waals surface area (Å²) in [6.45, 7) is 6.54. The molecule has 2 rings (SSSR count). The molecule has 140 valence electrons. The van der Waals surface area contributed by atoms with Crippen LogP contribution < -0.4 is 15.8 Å². The van der Waals surface area contributed by atoms with Crippen LogP contribution in [-0.4, -0.2) is 43.4 Å². The largest absolute Gasteiger partial charge is 0.573 e. The smallest absolute Gasteiger partial charge is 0.406 e. The Kier molecular flexibility index (Phi) is 6.92. The molecule has 1 saturated heterocycles. The normalized spacial score (nSPS) is 19.7. The van der Waals surface area contributed by atoms with Crippen LogP contribution in [0.15, 0.2) is 29.3 Å². The highest BCUT2D eigenvalue weighted by Crippen LogP contribution is 2.22. The molecule has 1 fully saturated rings. The van der Waals surface area contributed by atoms with E-state index in [1.807, 2.05) is 0 Å². The van der Waals surface area contributed by atoms with Crippen molar-refractivity contribution in [2.24, 2.45) is 16.6 Å². The fraction of sp³-hybridized carbons (Fsp3) is 0.588. The first-order valence-electron chi connectivity index (χ1n) is 8.46. The SMILES string of the molecule is CCN1CCCC(CNC(N)=NCc2ccc(OC(F)(F)F)cc2)C1. The van der Waals surface area contributed by atoms with Gasteiger partial charge in [-0.25, -0.2) is 4.99 Å². The molecule has 0 amide bonds. The molecule has 1 aliphatic heterocycles. The number of nitrogens with zero attached hydrogens (tertiary/aromatic N) is 2. The van der Waals surface area contributed by atoms with Gasteiger partial charge in [0, 0.05) is 13.1 Å². The Bertz CT molecular complexity index is 560. The van der Waals surface area contributed by atoms with Crippen molar-refractivity contribution in [1.29, 1.82) is 0 Å². The highest BCUT2D eigenvalue weighted by Gasteiger charge is 2.30. The van der Waals surface area contributed by atoms with Gasteiger partial charge in [0.05, 0.1) is 6.54 Å². The lowest BCUT2D eigenvalue weighted by molar-refractivity contribution is -0.274. The number of ether oxygens (including phenoxy) is 1. The maximum atomic E-state index is 12.1. The topological polar surface area (TPSA) is 62.9 Å². The van der Waals surface area contributed by atoms with Gasteiger partial charge in [-0.2, -0.15) is 0 Å². The quantitative estimate of drug-likeness (QED) is 0.606. The van der Waals surface area contributed by atoms with E-state index in [1.165, 1.54) is 37.1 Å². The number of nitrogens with two attached hydrogens (primary N) is 1. The minimum atomic E-state index is -4.68. The number of nitrogens with one attached hydrogen (secondary N) is 1. The van der Waals surface area contributed by atoms with Crippen LogP contribution in [0.25, 0.3) is 0 Å². The summed E-state index contributed by atoms with van der Waals surface area (Å²) in [5.41, 5.74) is 6.63. The Hall–Kier alpha value is -1.96. The van der Waals surface area contributed by atoms with E-state index in [-0.39, 0.29) is 5.75 Å². The number of alkyl halides is 3. The number of rotatable bonds is 6. The van der Waals surface area contributed by atoms with E-state index in [0.717, 1.165) is 31.7 Å². The van der Waals surface area contributed by atoms with Crippen LogP contribution in [0.2, 0.25) is 0 Å². The lowest BCUT2D eigenvalue weighted by atomic mass is 9.98. The van der Waals surface area contributed by atoms with Gasteiger partial charge in [-0.15, -0.1) is 13.2 Å². The Morgan fingerprint density at radius 3 is 2.72 bits per heavy atom. The average Bonchev–Trinajstić information content (AvgIpc) is 2.58. The summed E-state index contributed by atoms with van der Waals surface area (Å²) in [5.74, 6) is 0.662. The second-order valence-electron chi connectivity index (χ2n) is 6.18. The summed E-state index contributed by atoms with van der Waals surface area (Å²) in [4.78, 5) is 6.65. The first-order valence-corrected chi connectivity index (χ1v) is 8.46. The summed E-state index contributed by atoms with van der Waals surface area (Å²) >= 11 is 0. The van der Waals surface area contributed by atoms with E-state index in [0.29, 0.717) is 18.4 Å². The predicted molar refractivity (Wildman–Crippen MR) is 91.3 cm³/mol. The van der Waals surface area contributed by atoms with E-state index < -0.39 is 6.36 Å². The molecule has 1 aliphatic rings. The van der Waals surface area contributed by atoms with Crippen LogP contribution >= 0.6 is 0 Å². The number of guanidine groups is 1. The fourth-order valence-corrected chi connectivity index (χ4v) is 2.88. The highest BCUT2D eigenvalue weighted by atomic mass is 19.4. The van der Waals surface area contributed by atoms with Crippen molar-refractivity contribution >= 4 is 5.96 Å². The summed E-state index contributed by atoms with van der Waals surface area (Å²) in [6.07, 6.45) is -2.30. The van der Waals surface area contributed by atoms with Crippen molar-refractivity contribution in [3.05, 3.63) is 29.8 Å². The first-order chi connectivity index (χ1) is 11.9. The molecular weight excluding hydrogens is 333 g/mol. The monoisotopic (exact) mass is 358 g/mol. The molecule has 1 heterocycles. The van der Waals surface area contributed by atoms with Crippen LogP contribution in [0.4, 0.5) is 13.2 Å². The predicted octanol–water partition coefficient (Wildman–Crippen LogP) is 2.72. The Labute approximate surface area is 146 Å². The first kappa shape index (κ1) is 19.4. The summed E-state index contributed by atoms with van der Waals surface area (Å²) < 4.78 is 40.2. The second kappa shape index (κ2) is 8.94. The summed E-state index contributed by atoms with van der Waals surface area (Å²) in [7, 11) is 0. The molecule has 0 bridgehead atoms. The van der Waals surface area contributed by atoms with Crippen molar-refractivity contribution in [3.63, 3.8) is 0 Å². The molecule has 8 heteroatoms. The van der Waals surface area contributed by atoms with Crippen LogP contribution in [0.3, 0.4) is 0 Å². The van der Waals surface area contributed by atoms with Gasteiger partial charge < -0.3 is 20.7 Å². The fourth-order valence-electron chi connectivity index (χ4n) is 2.88. The van der Waals surface area contributed by atoms with Gasteiger partial charge in [0.2, 0.25) is 0 Å². The summed E-state index contributed by atoms with van der Waals surface area (Å²) in [5, 5.41) is 3.14. The zero-order valence-electron chi connectivity index (χ0n) is 14.4. The van der Waals surface area contributed by atoms with E-state index >= 15 is 0 Å². The zero-order valence-corrected chi connectivity index (χ0v) is 14.4. The molecule has 0 spiro atoms. The number of aliphatic imine (C=N–C) groups is 1. The highest BCUT2D eigenvalue weighted by molar-refractivity contribution is 5.77. The molecule has 0 radical (unpaired) electrons. The van der Waals surface area contributed by atoms with Crippen LogP contribution in [0.5, 0.6) is 5.75 Å². The molecule has 1 unspecified atom stereocenters. The number of piperidine rings is 1. The van der Waals surface area contributed by atoms with E-state index in [4.69, 9.17) is 5.73 Å². The lowest BCUT2D eigenvalue weighted by Gasteiger charge is -2.31. The Morgan fingerprint density at radius 2 is 2.08 bits per heavy atom. The van der Waals surface area contributed by atoms with Gasteiger partial charge in [0.25, 0.3) is 0 Å². The van der Waals surface area contributed by atoms with Gasteiger partial charge >= 0.3 is 6.36 Å². The molecule has 1 aromatic carbocycles. The van der Waals surface area contributed by atoms with Crippen molar-refractivity contribution in [3.8, 4) is 5.75 Å². The second-order valence-corrected chi connectivity index (χ2v) is 6.18. The van der Waals surface area contributed by atoms with Gasteiger partial charge in [-0.1, -0.05) is 19.1 Å². The molecule has 0 saturated carbocycles. The number of benzene rings is 1. The maximum Gasteiger partial charge on any atom is 0.573 e. The average molecular weight is 358 g/mol. The number of likely N-dealkylation sites (tertiary alicyclic amines) is 1. The molecule has 0 aliphatic carbocycles.